The van der Waals surface area contributed by atoms with Gasteiger partial charge in [-0.3, -0.25) is 9.52 Å². The Balaban J connectivity index is 1.58. The van der Waals surface area contributed by atoms with E-state index < -0.39 is 10.0 Å². The van der Waals surface area contributed by atoms with E-state index >= 15 is 0 Å². The summed E-state index contributed by atoms with van der Waals surface area (Å²) < 4.78 is 33.6. The van der Waals surface area contributed by atoms with Crippen molar-refractivity contribution in [3.05, 3.63) is 82.3 Å². The van der Waals surface area contributed by atoms with Crippen molar-refractivity contribution in [2.45, 2.75) is 4.90 Å². The third-order valence-corrected chi connectivity index (χ3v) is 5.91. The van der Waals surface area contributed by atoms with Crippen LogP contribution in [0, 0.1) is 0 Å². The number of rotatable bonds is 7. The number of hydrogen-bond acceptors (Lipinski definition) is 4. The lowest BCUT2D eigenvalue weighted by atomic mass is 10.3. The van der Waals surface area contributed by atoms with E-state index in [1.807, 2.05) is 0 Å². The summed E-state index contributed by atoms with van der Waals surface area (Å²) >= 11 is 9.09. The van der Waals surface area contributed by atoms with Gasteiger partial charge in [0.05, 0.1) is 4.90 Å². The Morgan fingerprint density at radius 3 is 2.10 bits per heavy atom. The van der Waals surface area contributed by atoms with Gasteiger partial charge in [0.25, 0.3) is 15.9 Å². The minimum Gasteiger partial charge on any atom is -0.484 e. The van der Waals surface area contributed by atoms with Crippen LogP contribution in [0.1, 0.15) is 0 Å². The minimum absolute atomic E-state index is 0.0795. The van der Waals surface area contributed by atoms with E-state index in [0.29, 0.717) is 22.1 Å². The summed E-state index contributed by atoms with van der Waals surface area (Å²) in [5, 5.41) is 3.22. The van der Waals surface area contributed by atoms with E-state index in [0.717, 1.165) is 4.47 Å². The molecule has 0 saturated heterocycles. The van der Waals surface area contributed by atoms with E-state index in [4.69, 9.17) is 16.3 Å². The molecule has 0 atom stereocenters. The fourth-order valence-electron chi connectivity index (χ4n) is 2.33. The van der Waals surface area contributed by atoms with Gasteiger partial charge in [-0.1, -0.05) is 27.5 Å². The number of benzene rings is 3. The van der Waals surface area contributed by atoms with Crippen LogP contribution in [0.4, 0.5) is 11.4 Å². The lowest BCUT2D eigenvalue weighted by Crippen LogP contribution is -2.20. The second-order valence-electron chi connectivity index (χ2n) is 5.93. The van der Waals surface area contributed by atoms with Crippen LogP contribution < -0.4 is 14.8 Å². The van der Waals surface area contributed by atoms with Crippen LogP contribution in [-0.2, 0) is 14.8 Å². The molecule has 0 aliphatic carbocycles. The highest BCUT2D eigenvalue weighted by Crippen LogP contribution is 2.20. The molecular weight excluding hydrogens is 480 g/mol. The number of amides is 1. The van der Waals surface area contributed by atoms with Crippen LogP contribution in [0.15, 0.2) is 82.2 Å². The minimum atomic E-state index is -3.73. The molecule has 3 rings (SSSR count). The molecule has 9 heteroatoms. The van der Waals surface area contributed by atoms with Gasteiger partial charge in [0.2, 0.25) is 0 Å². The van der Waals surface area contributed by atoms with Crippen LogP contribution in [0.5, 0.6) is 5.75 Å². The number of ether oxygens (including phenoxy) is 1. The number of halogens is 2. The standard InChI is InChI=1S/C20H16BrClN2O4S/c21-14-1-5-17(6-2-14)24-29(26,27)19-11-7-16(8-12-19)23-20(25)13-28-18-9-3-15(22)4-10-18/h1-12,24H,13H2,(H,23,25). The molecule has 0 aliphatic heterocycles. The van der Waals surface area contributed by atoms with Gasteiger partial charge in [-0.2, -0.15) is 0 Å². The summed E-state index contributed by atoms with van der Waals surface area (Å²) in [7, 11) is -3.73. The lowest BCUT2D eigenvalue weighted by Gasteiger charge is -2.10. The van der Waals surface area contributed by atoms with E-state index in [1.165, 1.54) is 24.3 Å². The first kappa shape index (κ1) is 21.2. The fourth-order valence-corrected chi connectivity index (χ4v) is 3.78. The molecule has 0 radical (unpaired) electrons. The highest BCUT2D eigenvalue weighted by Gasteiger charge is 2.14. The highest BCUT2D eigenvalue weighted by molar-refractivity contribution is 9.10. The molecule has 2 N–H and O–H groups in total. The molecule has 0 bridgehead atoms. The predicted octanol–water partition coefficient (Wildman–Crippen LogP) is 4.92. The van der Waals surface area contributed by atoms with Crippen molar-refractivity contribution in [2.75, 3.05) is 16.6 Å². The Morgan fingerprint density at radius 2 is 1.48 bits per heavy atom. The van der Waals surface area contributed by atoms with Crippen molar-refractivity contribution in [3.63, 3.8) is 0 Å². The van der Waals surface area contributed by atoms with Crippen LogP contribution in [0.25, 0.3) is 0 Å². The summed E-state index contributed by atoms with van der Waals surface area (Å²) in [5.41, 5.74) is 0.905. The van der Waals surface area contributed by atoms with E-state index in [2.05, 4.69) is 26.0 Å². The maximum atomic E-state index is 12.5. The third kappa shape index (κ3) is 6.22. The summed E-state index contributed by atoms with van der Waals surface area (Å²) in [4.78, 5) is 12.1. The monoisotopic (exact) mass is 494 g/mol. The zero-order chi connectivity index (χ0) is 20.9. The molecule has 0 saturated carbocycles. The quantitative estimate of drug-likeness (QED) is 0.487. The molecule has 1 amide bonds. The summed E-state index contributed by atoms with van der Waals surface area (Å²) in [6.45, 7) is -0.188. The van der Waals surface area contributed by atoms with Crippen LogP contribution in [0.2, 0.25) is 5.02 Å². The highest BCUT2D eigenvalue weighted by atomic mass is 79.9. The topological polar surface area (TPSA) is 84.5 Å². The molecule has 150 valence electrons. The predicted molar refractivity (Wildman–Crippen MR) is 117 cm³/mol. The molecule has 0 heterocycles. The molecule has 0 unspecified atom stereocenters. The first-order valence-corrected chi connectivity index (χ1v) is 11.0. The first-order chi connectivity index (χ1) is 13.8. The zero-order valence-corrected chi connectivity index (χ0v) is 18.1. The second-order valence-corrected chi connectivity index (χ2v) is 8.96. The van der Waals surface area contributed by atoms with Crippen molar-refractivity contribution in [3.8, 4) is 5.75 Å². The van der Waals surface area contributed by atoms with Crippen molar-refractivity contribution in [1.82, 2.24) is 0 Å². The Morgan fingerprint density at radius 1 is 0.897 bits per heavy atom. The van der Waals surface area contributed by atoms with Gasteiger partial charge in [-0.05, 0) is 72.8 Å². The van der Waals surface area contributed by atoms with Gasteiger partial charge in [-0.25, -0.2) is 8.42 Å². The summed E-state index contributed by atoms with van der Waals surface area (Å²) in [5.74, 6) is 0.147. The number of nitrogens with one attached hydrogen (secondary N) is 2. The molecule has 0 aromatic heterocycles. The maximum Gasteiger partial charge on any atom is 0.262 e. The second kappa shape index (κ2) is 9.30. The average Bonchev–Trinajstić information content (AvgIpc) is 2.70. The van der Waals surface area contributed by atoms with Gasteiger partial charge in [0.15, 0.2) is 6.61 Å². The Kier molecular flexibility index (Phi) is 6.79. The number of hydrogen-bond donors (Lipinski definition) is 2. The summed E-state index contributed by atoms with van der Waals surface area (Å²) in [6, 6.07) is 19.3. The lowest BCUT2D eigenvalue weighted by molar-refractivity contribution is -0.118. The molecule has 0 fully saturated rings. The largest absolute Gasteiger partial charge is 0.484 e. The van der Waals surface area contributed by atoms with Crippen molar-refractivity contribution in [2.24, 2.45) is 0 Å². The van der Waals surface area contributed by atoms with E-state index in [1.54, 1.807) is 48.5 Å². The normalized spacial score (nSPS) is 11.0. The Hall–Kier alpha value is -2.55. The maximum absolute atomic E-state index is 12.5. The number of carbonyl (C=O) groups excluding carboxylic acids is 1. The van der Waals surface area contributed by atoms with Crippen molar-refractivity contribution in [1.29, 1.82) is 0 Å². The number of anilines is 2. The summed E-state index contributed by atoms with van der Waals surface area (Å²) in [6.07, 6.45) is 0. The molecule has 3 aromatic rings. The van der Waals surface area contributed by atoms with Crippen molar-refractivity contribution < 1.29 is 17.9 Å². The van der Waals surface area contributed by atoms with Crippen LogP contribution in [0.3, 0.4) is 0 Å². The average molecular weight is 496 g/mol. The van der Waals surface area contributed by atoms with Crippen LogP contribution in [-0.4, -0.2) is 20.9 Å². The molecule has 6 nitrogen and oxygen atoms in total. The zero-order valence-electron chi connectivity index (χ0n) is 14.9. The SMILES string of the molecule is O=C(COc1ccc(Cl)cc1)Nc1ccc(S(=O)(=O)Nc2ccc(Br)cc2)cc1. The molecule has 0 spiro atoms. The van der Waals surface area contributed by atoms with Crippen molar-refractivity contribution >= 4 is 54.8 Å². The number of sulfonamides is 1. The first-order valence-electron chi connectivity index (χ1n) is 8.38. The van der Waals surface area contributed by atoms with Gasteiger partial charge in [-0.15, -0.1) is 0 Å². The van der Waals surface area contributed by atoms with Gasteiger partial charge < -0.3 is 10.1 Å². The fraction of sp³-hybridized carbons (Fsp3) is 0.0500. The van der Waals surface area contributed by atoms with E-state index in [9.17, 15) is 13.2 Å². The molecular formula is C20H16BrClN2O4S. The van der Waals surface area contributed by atoms with E-state index in [-0.39, 0.29) is 17.4 Å². The Bertz CT molecular complexity index is 1090. The van der Waals surface area contributed by atoms with Crippen LogP contribution >= 0.6 is 27.5 Å². The van der Waals surface area contributed by atoms with Gasteiger partial charge >= 0.3 is 0 Å². The molecule has 0 aliphatic rings. The third-order valence-electron chi connectivity index (χ3n) is 3.73. The molecule has 3 aromatic carbocycles. The Labute approximate surface area is 182 Å². The van der Waals surface area contributed by atoms with Gasteiger partial charge in [0.1, 0.15) is 5.75 Å². The smallest absolute Gasteiger partial charge is 0.262 e. The number of carbonyl (C=O) groups is 1. The van der Waals surface area contributed by atoms with Gasteiger partial charge in [0, 0.05) is 20.9 Å². The molecule has 29 heavy (non-hydrogen) atoms.